The van der Waals surface area contributed by atoms with Crippen LogP contribution < -0.4 is 5.73 Å². The number of aryl methyl sites for hydroxylation is 1. The number of nitrogens with zero attached hydrogens (tertiary/aromatic N) is 3. The van der Waals surface area contributed by atoms with Crippen LogP contribution in [0.2, 0.25) is 0 Å². The Hall–Kier alpha value is -1.81. The maximum atomic E-state index is 5.87. The molecular weight excluding hydrogens is 236 g/mol. The Labute approximate surface area is 113 Å². The molecule has 3 rings (SSSR count). The summed E-state index contributed by atoms with van der Waals surface area (Å²) < 4.78 is 1.86. The van der Waals surface area contributed by atoms with E-state index in [1.165, 1.54) is 16.7 Å². The molecule has 19 heavy (non-hydrogen) atoms. The first-order chi connectivity index (χ1) is 9.20. The van der Waals surface area contributed by atoms with Crippen molar-refractivity contribution in [2.24, 2.45) is 7.05 Å². The second kappa shape index (κ2) is 5.05. The van der Waals surface area contributed by atoms with Gasteiger partial charge in [-0.1, -0.05) is 6.07 Å². The van der Waals surface area contributed by atoms with E-state index in [-0.39, 0.29) is 0 Å². The summed E-state index contributed by atoms with van der Waals surface area (Å²) in [6, 6.07) is 6.29. The van der Waals surface area contributed by atoms with E-state index in [1.807, 2.05) is 24.0 Å². The number of anilines is 1. The molecule has 0 saturated heterocycles. The van der Waals surface area contributed by atoms with Gasteiger partial charge < -0.3 is 5.73 Å². The van der Waals surface area contributed by atoms with Gasteiger partial charge in [0.2, 0.25) is 0 Å². The zero-order chi connectivity index (χ0) is 13.2. The molecule has 2 heterocycles. The van der Waals surface area contributed by atoms with Crippen LogP contribution in [0, 0.1) is 0 Å². The summed E-state index contributed by atoms with van der Waals surface area (Å²) in [6.07, 6.45) is 6.24. The lowest BCUT2D eigenvalue weighted by molar-refractivity contribution is 0.257. The fourth-order valence-electron chi connectivity index (χ4n) is 2.71. The number of nitrogen functional groups attached to an aromatic ring is 1. The van der Waals surface area contributed by atoms with Crippen LogP contribution in [0.4, 0.5) is 5.69 Å². The highest BCUT2D eigenvalue weighted by Crippen LogP contribution is 2.21. The predicted molar refractivity (Wildman–Crippen MR) is 76.7 cm³/mol. The van der Waals surface area contributed by atoms with Crippen LogP contribution in [0.15, 0.2) is 30.6 Å². The van der Waals surface area contributed by atoms with Gasteiger partial charge in [-0.25, -0.2) is 0 Å². The van der Waals surface area contributed by atoms with E-state index in [0.29, 0.717) is 0 Å². The SMILES string of the molecule is Cn1cc(CCN2CCc3ccc(N)cc3C2)cn1. The molecule has 0 spiro atoms. The topological polar surface area (TPSA) is 47.1 Å². The van der Waals surface area contributed by atoms with Gasteiger partial charge in [0.1, 0.15) is 0 Å². The molecule has 2 aromatic rings. The minimum absolute atomic E-state index is 0.868. The van der Waals surface area contributed by atoms with Crippen molar-refractivity contribution in [3.05, 3.63) is 47.3 Å². The third-order valence-corrected chi connectivity index (χ3v) is 3.80. The first-order valence-electron chi connectivity index (χ1n) is 6.78. The van der Waals surface area contributed by atoms with Crippen molar-refractivity contribution in [3.63, 3.8) is 0 Å². The summed E-state index contributed by atoms with van der Waals surface area (Å²) in [5, 5.41) is 4.21. The molecule has 1 aromatic carbocycles. The van der Waals surface area contributed by atoms with E-state index in [2.05, 4.69) is 28.3 Å². The molecule has 0 fully saturated rings. The molecule has 0 atom stereocenters. The van der Waals surface area contributed by atoms with Crippen LogP contribution in [0.3, 0.4) is 0 Å². The van der Waals surface area contributed by atoms with Crippen molar-refractivity contribution in [1.29, 1.82) is 0 Å². The lowest BCUT2D eigenvalue weighted by Gasteiger charge is -2.28. The Bertz CT molecular complexity index is 573. The molecule has 0 aliphatic carbocycles. The van der Waals surface area contributed by atoms with E-state index in [9.17, 15) is 0 Å². The van der Waals surface area contributed by atoms with Crippen LogP contribution in [0.25, 0.3) is 0 Å². The van der Waals surface area contributed by atoms with Gasteiger partial charge in [-0.3, -0.25) is 9.58 Å². The van der Waals surface area contributed by atoms with Crippen LogP contribution in [0.1, 0.15) is 16.7 Å². The maximum absolute atomic E-state index is 5.87. The standard InChI is InChI=1S/C15H20N4/c1-18-10-12(9-17-18)4-6-19-7-5-13-2-3-15(16)8-14(13)11-19/h2-3,8-10H,4-7,11,16H2,1H3. The minimum atomic E-state index is 0.868. The first kappa shape index (κ1) is 12.2. The lowest BCUT2D eigenvalue weighted by atomic mass is 9.99. The third-order valence-electron chi connectivity index (χ3n) is 3.80. The maximum Gasteiger partial charge on any atom is 0.0522 e. The number of benzene rings is 1. The highest BCUT2D eigenvalue weighted by atomic mass is 15.2. The second-order valence-electron chi connectivity index (χ2n) is 5.33. The van der Waals surface area contributed by atoms with Gasteiger partial charge >= 0.3 is 0 Å². The average Bonchev–Trinajstić information content (AvgIpc) is 2.81. The van der Waals surface area contributed by atoms with Gasteiger partial charge in [-0.05, 0) is 41.7 Å². The van der Waals surface area contributed by atoms with Gasteiger partial charge in [-0.15, -0.1) is 0 Å². The van der Waals surface area contributed by atoms with E-state index in [1.54, 1.807) is 0 Å². The molecule has 1 aliphatic rings. The van der Waals surface area contributed by atoms with Crippen LogP contribution >= 0.6 is 0 Å². The molecule has 1 aromatic heterocycles. The molecule has 4 heteroatoms. The Kier molecular flexibility index (Phi) is 3.25. The van der Waals surface area contributed by atoms with Crippen LogP contribution in [-0.2, 0) is 26.4 Å². The monoisotopic (exact) mass is 256 g/mol. The zero-order valence-electron chi connectivity index (χ0n) is 11.3. The first-order valence-corrected chi connectivity index (χ1v) is 6.78. The van der Waals surface area contributed by atoms with Crippen molar-refractivity contribution in [2.75, 3.05) is 18.8 Å². The molecule has 100 valence electrons. The van der Waals surface area contributed by atoms with Gasteiger partial charge in [-0.2, -0.15) is 5.10 Å². The minimum Gasteiger partial charge on any atom is -0.399 e. The average molecular weight is 256 g/mol. The molecular formula is C15H20N4. The van der Waals surface area contributed by atoms with E-state index in [4.69, 9.17) is 5.73 Å². The highest BCUT2D eigenvalue weighted by Gasteiger charge is 2.16. The summed E-state index contributed by atoms with van der Waals surface area (Å²) in [7, 11) is 1.96. The third kappa shape index (κ3) is 2.79. The number of nitrogens with two attached hydrogens (primary N) is 1. The van der Waals surface area contributed by atoms with Gasteiger partial charge in [0.15, 0.2) is 0 Å². The van der Waals surface area contributed by atoms with E-state index < -0.39 is 0 Å². The fourth-order valence-corrected chi connectivity index (χ4v) is 2.71. The van der Waals surface area contributed by atoms with Crippen molar-refractivity contribution >= 4 is 5.69 Å². The Morgan fingerprint density at radius 2 is 2.21 bits per heavy atom. The van der Waals surface area contributed by atoms with Gasteiger partial charge in [0.25, 0.3) is 0 Å². The number of fused-ring (bicyclic) bond motifs is 1. The number of rotatable bonds is 3. The second-order valence-corrected chi connectivity index (χ2v) is 5.33. The summed E-state index contributed by atoms with van der Waals surface area (Å²) >= 11 is 0. The van der Waals surface area contributed by atoms with E-state index in [0.717, 1.165) is 38.2 Å². The lowest BCUT2D eigenvalue weighted by Crippen LogP contribution is -2.32. The Morgan fingerprint density at radius 1 is 1.32 bits per heavy atom. The molecule has 2 N–H and O–H groups in total. The van der Waals surface area contributed by atoms with Gasteiger partial charge in [0, 0.05) is 38.6 Å². The predicted octanol–water partition coefficient (Wildman–Crippen LogP) is 1.60. The molecule has 0 amide bonds. The summed E-state index contributed by atoms with van der Waals surface area (Å²) in [4.78, 5) is 2.49. The van der Waals surface area contributed by atoms with Crippen molar-refractivity contribution < 1.29 is 0 Å². The number of hydrogen-bond donors (Lipinski definition) is 1. The quantitative estimate of drug-likeness (QED) is 0.849. The molecule has 0 saturated carbocycles. The van der Waals surface area contributed by atoms with Crippen molar-refractivity contribution in [3.8, 4) is 0 Å². The van der Waals surface area contributed by atoms with E-state index >= 15 is 0 Å². The van der Waals surface area contributed by atoms with Crippen molar-refractivity contribution in [1.82, 2.24) is 14.7 Å². The normalized spacial score (nSPS) is 15.4. The van der Waals surface area contributed by atoms with Crippen LogP contribution in [0.5, 0.6) is 0 Å². The molecule has 4 nitrogen and oxygen atoms in total. The molecule has 0 radical (unpaired) electrons. The number of hydrogen-bond acceptors (Lipinski definition) is 3. The highest BCUT2D eigenvalue weighted by molar-refractivity contribution is 5.45. The largest absolute Gasteiger partial charge is 0.399 e. The summed E-state index contributed by atoms with van der Waals surface area (Å²) in [6.45, 7) is 3.23. The Balaban J connectivity index is 1.62. The molecule has 0 unspecified atom stereocenters. The Morgan fingerprint density at radius 3 is 3.00 bits per heavy atom. The summed E-state index contributed by atoms with van der Waals surface area (Å²) in [5.41, 5.74) is 10.9. The van der Waals surface area contributed by atoms with Crippen molar-refractivity contribution in [2.45, 2.75) is 19.4 Å². The smallest absolute Gasteiger partial charge is 0.0522 e. The molecule has 0 bridgehead atoms. The number of aromatic nitrogens is 2. The molecule has 1 aliphatic heterocycles. The zero-order valence-corrected chi connectivity index (χ0v) is 11.3. The fraction of sp³-hybridized carbons (Fsp3) is 0.400. The van der Waals surface area contributed by atoms with Crippen LogP contribution in [-0.4, -0.2) is 27.8 Å². The summed E-state index contributed by atoms with van der Waals surface area (Å²) in [5.74, 6) is 0. The van der Waals surface area contributed by atoms with Gasteiger partial charge in [0.05, 0.1) is 6.20 Å².